The summed E-state index contributed by atoms with van der Waals surface area (Å²) in [7, 11) is -2.62. The van der Waals surface area contributed by atoms with Gasteiger partial charge in [-0.2, -0.15) is 4.72 Å². The van der Waals surface area contributed by atoms with Gasteiger partial charge in [-0.15, -0.1) is 0 Å². The van der Waals surface area contributed by atoms with Crippen molar-refractivity contribution in [1.29, 1.82) is 0 Å². The molecule has 0 aliphatic heterocycles. The highest BCUT2D eigenvalue weighted by Crippen LogP contribution is 2.41. The summed E-state index contributed by atoms with van der Waals surface area (Å²) in [6.45, 7) is 0. The lowest BCUT2D eigenvalue weighted by atomic mass is 10.1. The molecule has 0 heterocycles. The Morgan fingerprint density at radius 2 is 1.62 bits per heavy atom. The molecule has 26 heavy (non-hydrogen) atoms. The van der Waals surface area contributed by atoms with Crippen LogP contribution in [-0.2, 0) is 10.0 Å². The molecule has 7 nitrogen and oxygen atoms in total. The fourth-order valence-corrected chi connectivity index (χ4v) is 4.08. The highest BCUT2D eigenvalue weighted by Gasteiger charge is 2.37. The van der Waals surface area contributed by atoms with Gasteiger partial charge in [-0.1, -0.05) is 46.9 Å². The molecule has 0 radical (unpaired) electrons. The number of nitro groups is 1. The van der Waals surface area contributed by atoms with E-state index in [4.69, 9.17) is 39.5 Å². The molecular formula is C15H13Cl3N2O5S. The van der Waals surface area contributed by atoms with E-state index in [9.17, 15) is 18.5 Å². The third-order valence-electron chi connectivity index (χ3n) is 3.41. The maximum absolute atomic E-state index is 12.6. The average molecular weight is 440 g/mol. The van der Waals surface area contributed by atoms with Crippen molar-refractivity contribution in [2.75, 3.05) is 7.11 Å². The zero-order chi connectivity index (χ0) is 19.5. The predicted octanol–water partition coefficient (Wildman–Crippen LogP) is 3.99. The van der Waals surface area contributed by atoms with Crippen LogP contribution >= 0.6 is 34.8 Å². The van der Waals surface area contributed by atoms with Crippen molar-refractivity contribution < 1.29 is 18.1 Å². The van der Waals surface area contributed by atoms with Gasteiger partial charge in [0.2, 0.25) is 13.8 Å². The molecule has 0 fully saturated rings. The number of non-ortho nitro benzene ring substituents is 1. The topological polar surface area (TPSA) is 98.5 Å². The number of benzene rings is 2. The predicted molar refractivity (Wildman–Crippen MR) is 99.4 cm³/mol. The first kappa shape index (κ1) is 20.7. The van der Waals surface area contributed by atoms with Gasteiger partial charge >= 0.3 is 0 Å². The van der Waals surface area contributed by atoms with Crippen LogP contribution in [0.5, 0.6) is 5.75 Å². The maximum atomic E-state index is 12.6. The normalized spacial score (nSPS) is 13.2. The second kappa shape index (κ2) is 7.98. The highest BCUT2D eigenvalue weighted by atomic mass is 35.6. The van der Waals surface area contributed by atoms with Gasteiger partial charge in [-0.3, -0.25) is 10.1 Å². The van der Waals surface area contributed by atoms with Gasteiger partial charge in [0.05, 0.1) is 23.0 Å². The van der Waals surface area contributed by atoms with Crippen LogP contribution in [0.4, 0.5) is 5.69 Å². The Morgan fingerprint density at radius 3 is 2.04 bits per heavy atom. The molecule has 2 aromatic carbocycles. The molecule has 0 aliphatic carbocycles. The third kappa shape index (κ3) is 4.99. The van der Waals surface area contributed by atoms with Gasteiger partial charge in [0.25, 0.3) is 5.69 Å². The first-order valence-electron chi connectivity index (χ1n) is 7.02. The number of nitrogens with zero attached hydrogens (tertiary/aromatic N) is 1. The van der Waals surface area contributed by atoms with E-state index in [1.165, 1.54) is 7.11 Å². The Hall–Kier alpha value is -1.58. The number of nitrogens with one attached hydrogen (secondary N) is 1. The number of rotatable bonds is 6. The van der Waals surface area contributed by atoms with Crippen molar-refractivity contribution in [2.45, 2.75) is 14.7 Å². The van der Waals surface area contributed by atoms with Crippen LogP contribution in [0.25, 0.3) is 0 Å². The van der Waals surface area contributed by atoms with Crippen LogP contribution < -0.4 is 9.46 Å². The number of nitro benzene ring substituents is 1. The van der Waals surface area contributed by atoms with E-state index in [1.54, 1.807) is 24.3 Å². The van der Waals surface area contributed by atoms with E-state index in [2.05, 4.69) is 4.72 Å². The quantitative estimate of drug-likeness (QED) is 0.417. The zero-order valence-corrected chi connectivity index (χ0v) is 16.3. The minimum absolute atomic E-state index is 0.198. The Labute approximate surface area is 165 Å². The second-order valence-electron chi connectivity index (χ2n) is 5.12. The Bertz CT molecular complexity index is 881. The third-order valence-corrected chi connectivity index (χ3v) is 5.50. The van der Waals surface area contributed by atoms with Gasteiger partial charge in [0, 0.05) is 12.1 Å². The summed E-state index contributed by atoms with van der Waals surface area (Å²) in [6.07, 6.45) is 0. The van der Waals surface area contributed by atoms with E-state index in [0.29, 0.717) is 11.3 Å². The number of methoxy groups -OCH3 is 1. The van der Waals surface area contributed by atoms with Crippen molar-refractivity contribution in [1.82, 2.24) is 4.72 Å². The van der Waals surface area contributed by atoms with Crippen molar-refractivity contribution in [3.8, 4) is 5.75 Å². The van der Waals surface area contributed by atoms with Gasteiger partial charge in [0.15, 0.2) is 0 Å². The molecule has 0 amide bonds. The zero-order valence-electron chi connectivity index (χ0n) is 13.2. The molecule has 11 heteroatoms. The second-order valence-corrected chi connectivity index (χ2v) is 9.20. The summed E-state index contributed by atoms with van der Waals surface area (Å²) >= 11 is 17.9. The molecule has 2 rings (SSSR count). The average Bonchev–Trinajstić information content (AvgIpc) is 2.59. The molecule has 0 aromatic heterocycles. The summed E-state index contributed by atoms with van der Waals surface area (Å²) in [5, 5.41) is 10.7. The van der Waals surface area contributed by atoms with Crippen molar-refractivity contribution >= 4 is 50.5 Å². The largest absolute Gasteiger partial charge is 0.497 e. The number of hydrogen-bond donors (Lipinski definition) is 1. The van der Waals surface area contributed by atoms with Crippen molar-refractivity contribution in [3.05, 3.63) is 64.2 Å². The summed E-state index contributed by atoms with van der Waals surface area (Å²) in [5.41, 5.74) is 0.160. The molecule has 0 aliphatic rings. The molecule has 0 saturated carbocycles. The van der Waals surface area contributed by atoms with Crippen molar-refractivity contribution in [3.63, 3.8) is 0 Å². The number of ether oxygens (including phenoxy) is 1. The summed E-state index contributed by atoms with van der Waals surface area (Å²) in [5.74, 6) is 0.551. The van der Waals surface area contributed by atoms with Crippen LogP contribution in [-0.4, -0.2) is 24.2 Å². The van der Waals surface area contributed by atoms with Crippen LogP contribution in [0.3, 0.4) is 0 Å². The molecule has 1 atom stereocenters. The monoisotopic (exact) mass is 438 g/mol. The van der Waals surface area contributed by atoms with E-state index in [1.807, 2.05) is 0 Å². The van der Waals surface area contributed by atoms with Gasteiger partial charge in [-0.05, 0) is 29.8 Å². The minimum Gasteiger partial charge on any atom is -0.497 e. The van der Waals surface area contributed by atoms with E-state index in [-0.39, 0.29) is 10.6 Å². The standard InChI is InChI=1S/C15H13Cl3N2O5S/c1-25-12-6-2-10(3-7-12)14(15(16,17)18)19-26(23,24)13-8-4-11(5-9-13)20(21)22/h2-9,14,19H,1H3. The van der Waals surface area contributed by atoms with Crippen LogP contribution in [0.1, 0.15) is 11.6 Å². The molecule has 0 saturated heterocycles. The van der Waals surface area contributed by atoms with E-state index in [0.717, 1.165) is 24.3 Å². The summed E-state index contributed by atoms with van der Waals surface area (Å²) in [4.78, 5) is 9.85. The number of halogens is 3. The first-order valence-corrected chi connectivity index (χ1v) is 9.64. The number of hydrogen-bond acceptors (Lipinski definition) is 5. The van der Waals surface area contributed by atoms with Gasteiger partial charge in [-0.25, -0.2) is 8.42 Å². The number of alkyl halides is 3. The maximum Gasteiger partial charge on any atom is 0.269 e. The molecule has 2 aromatic rings. The van der Waals surface area contributed by atoms with E-state index >= 15 is 0 Å². The van der Waals surface area contributed by atoms with Crippen LogP contribution in [0.2, 0.25) is 0 Å². The van der Waals surface area contributed by atoms with Crippen LogP contribution in [0.15, 0.2) is 53.4 Å². The molecule has 140 valence electrons. The smallest absolute Gasteiger partial charge is 0.269 e. The fraction of sp³-hybridized carbons (Fsp3) is 0.200. The minimum atomic E-state index is -4.11. The van der Waals surface area contributed by atoms with Gasteiger partial charge < -0.3 is 4.74 Å². The lowest BCUT2D eigenvalue weighted by Gasteiger charge is -2.26. The lowest BCUT2D eigenvalue weighted by molar-refractivity contribution is -0.384. The number of sulfonamides is 1. The summed E-state index contributed by atoms with van der Waals surface area (Å²) in [6, 6.07) is 9.47. The highest BCUT2D eigenvalue weighted by molar-refractivity contribution is 7.89. The molecule has 1 unspecified atom stereocenters. The Morgan fingerprint density at radius 1 is 1.08 bits per heavy atom. The Kier molecular flexibility index (Phi) is 6.36. The lowest BCUT2D eigenvalue weighted by Crippen LogP contribution is -2.36. The van der Waals surface area contributed by atoms with Crippen molar-refractivity contribution in [2.24, 2.45) is 0 Å². The molecule has 0 bridgehead atoms. The molecular weight excluding hydrogens is 427 g/mol. The van der Waals surface area contributed by atoms with Crippen LogP contribution in [0, 0.1) is 10.1 Å². The Balaban J connectivity index is 2.35. The fourth-order valence-electron chi connectivity index (χ4n) is 2.09. The first-order chi connectivity index (χ1) is 12.0. The SMILES string of the molecule is COc1ccc(C(NS(=O)(=O)c2ccc([N+](=O)[O-])cc2)C(Cl)(Cl)Cl)cc1. The van der Waals surface area contributed by atoms with Gasteiger partial charge in [0.1, 0.15) is 5.75 Å². The molecule has 1 N–H and O–H groups in total. The summed E-state index contributed by atoms with van der Waals surface area (Å²) < 4.78 is 30.5. The molecule has 0 spiro atoms. The van der Waals surface area contributed by atoms with E-state index < -0.39 is 24.8 Å².